The van der Waals surface area contributed by atoms with Gasteiger partial charge in [0.2, 0.25) is 11.9 Å². The van der Waals surface area contributed by atoms with E-state index >= 15 is 0 Å². The largest absolute Gasteiger partial charge is 0.359 e. The molecule has 6 heteroatoms. The first-order chi connectivity index (χ1) is 9.63. The normalized spacial score (nSPS) is 18.8. The Morgan fingerprint density at radius 1 is 1.50 bits per heavy atom. The number of aryl methyl sites for hydroxylation is 1. The van der Waals surface area contributed by atoms with Crippen LogP contribution in [-0.4, -0.2) is 42.6 Å². The van der Waals surface area contributed by atoms with Gasteiger partial charge in [-0.25, -0.2) is 4.98 Å². The van der Waals surface area contributed by atoms with Gasteiger partial charge >= 0.3 is 0 Å². The third-order valence-electron chi connectivity index (χ3n) is 3.54. The van der Waals surface area contributed by atoms with Crippen molar-refractivity contribution in [3.05, 3.63) is 11.8 Å². The highest BCUT2D eigenvalue weighted by Crippen LogP contribution is 2.23. The smallest absolute Gasteiger partial charge is 0.224 e. The number of nitrogens with one attached hydrogen (secondary N) is 2. The molecule has 1 aliphatic heterocycles. The molecule has 0 spiro atoms. The van der Waals surface area contributed by atoms with Crippen LogP contribution in [0.2, 0.25) is 0 Å². The van der Waals surface area contributed by atoms with E-state index < -0.39 is 0 Å². The predicted molar refractivity (Wildman–Crippen MR) is 79.9 cm³/mol. The summed E-state index contributed by atoms with van der Waals surface area (Å²) < 4.78 is 0. The summed E-state index contributed by atoms with van der Waals surface area (Å²) in [5.41, 5.74) is 0.938. The van der Waals surface area contributed by atoms with Crippen molar-refractivity contribution in [2.24, 2.45) is 5.92 Å². The fraction of sp³-hybridized carbons (Fsp3) is 0.643. The van der Waals surface area contributed by atoms with Crippen LogP contribution in [0.4, 0.5) is 11.8 Å². The van der Waals surface area contributed by atoms with Crippen molar-refractivity contribution in [3.63, 3.8) is 0 Å². The molecular formula is C14H23N5O. The van der Waals surface area contributed by atoms with Gasteiger partial charge in [0, 0.05) is 38.4 Å². The summed E-state index contributed by atoms with van der Waals surface area (Å²) in [7, 11) is 1.69. The molecule has 1 unspecified atom stereocenters. The van der Waals surface area contributed by atoms with Gasteiger partial charge in [0.15, 0.2) is 0 Å². The Bertz CT molecular complexity index is 477. The number of carbonyl (C=O) groups is 1. The molecule has 1 saturated heterocycles. The number of piperidine rings is 1. The highest BCUT2D eigenvalue weighted by molar-refractivity contribution is 5.79. The summed E-state index contributed by atoms with van der Waals surface area (Å²) in [6, 6.07) is 1.98. The van der Waals surface area contributed by atoms with Crippen molar-refractivity contribution in [3.8, 4) is 0 Å². The van der Waals surface area contributed by atoms with Crippen molar-refractivity contribution < 1.29 is 4.79 Å². The molecule has 2 heterocycles. The maximum atomic E-state index is 11.8. The van der Waals surface area contributed by atoms with E-state index in [9.17, 15) is 4.79 Å². The lowest BCUT2D eigenvalue weighted by Crippen LogP contribution is -2.42. The van der Waals surface area contributed by atoms with E-state index in [0.717, 1.165) is 44.0 Å². The first-order valence-corrected chi connectivity index (χ1v) is 7.20. The molecule has 0 aromatic carbocycles. The minimum absolute atomic E-state index is 0.0478. The van der Waals surface area contributed by atoms with Crippen molar-refractivity contribution in [1.29, 1.82) is 0 Å². The standard InChI is InChI=1S/C14H23N5O/c1-4-16-14-17-10(2)8-12(18-14)19-7-5-6-11(9-19)13(20)15-3/h8,11H,4-7,9H2,1-3H3,(H,15,20)(H,16,17,18). The molecule has 0 saturated carbocycles. The van der Waals surface area contributed by atoms with Crippen LogP contribution in [0.1, 0.15) is 25.5 Å². The summed E-state index contributed by atoms with van der Waals surface area (Å²) in [6.45, 7) is 6.45. The molecule has 110 valence electrons. The number of hydrogen-bond acceptors (Lipinski definition) is 5. The molecule has 1 aliphatic rings. The summed E-state index contributed by atoms with van der Waals surface area (Å²) in [5, 5.41) is 5.88. The van der Waals surface area contributed by atoms with Gasteiger partial charge in [-0.1, -0.05) is 0 Å². The SMILES string of the molecule is CCNc1nc(C)cc(N2CCCC(C(=O)NC)C2)n1. The molecule has 6 nitrogen and oxygen atoms in total. The van der Waals surface area contributed by atoms with Crippen molar-refractivity contribution in [2.45, 2.75) is 26.7 Å². The molecule has 1 atom stereocenters. The average molecular weight is 277 g/mol. The van der Waals surface area contributed by atoms with Crippen molar-refractivity contribution >= 4 is 17.7 Å². The molecule has 0 radical (unpaired) electrons. The minimum atomic E-state index is 0.0478. The predicted octanol–water partition coefficient (Wildman–Crippen LogP) is 1.18. The van der Waals surface area contributed by atoms with Crippen LogP contribution in [0.5, 0.6) is 0 Å². The van der Waals surface area contributed by atoms with Gasteiger partial charge in [-0.2, -0.15) is 4.98 Å². The number of rotatable bonds is 4. The fourth-order valence-corrected chi connectivity index (χ4v) is 2.55. The van der Waals surface area contributed by atoms with E-state index in [1.165, 1.54) is 0 Å². The van der Waals surface area contributed by atoms with Crippen LogP contribution in [0.3, 0.4) is 0 Å². The van der Waals surface area contributed by atoms with Crippen LogP contribution in [0.15, 0.2) is 6.07 Å². The summed E-state index contributed by atoms with van der Waals surface area (Å²) in [6.07, 6.45) is 1.96. The second kappa shape index (κ2) is 6.54. The second-order valence-electron chi connectivity index (χ2n) is 5.12. The Labute approximate surface area is 120 Å². The topological polar surface area (TPSA) is 70.2 Å². The average Bonchev–Trinajstić information content (AvgIpc) is 2.46. The lowest BCUT2D eigenvalue weighted by molar-refractivity contribution is -0.124. The number of anilines is 2. The molecule has 1 aromatic rings. The Balaban J connectivity index is 2.15. The lowest BCUT2D eigenvalue weighted by Gasteiger charge is -2.32. The highest BCUT2D eigenvalue weighted by atomic mass is 16.1. The van der Waals surface area contributed by atoms with Gasteiger partial charge in [0.05, 0.1) is 5.92 Å². The zero-order valence-corrected chi connectivity index (χ0v) is 12.4. The molecule has 20 heavy (non-hydrogen) atoms. The maximum Gasteiger partial charge on any atom is 0.224 e. The first kappa shape index (κ1) is 14.6. The Morgan fingerprint density at radius 2 is 2.30 bits per heavy atom. The van der Waals surface area contributed by atoms with E-state index in [1.807, 2.05) is 19.9 Å². The van der Waals surface area contributed by atoms with Gasteiger partial charge in [-0.15, -0.1) is 0 Å². The Kier molecular flexibility index (Phi) is 4.76. The second-order valence-corrected chi connectivity index (χ2v) is 5.12. The van der Waals surface area contributed by atoms with E-state index in [-0.39, 0.29) is 11.8 Å². The maximum absolute atomic E-state index is 11.8. The third kappa shape index (κ3) is 3.37. The van der Waals surface area contributed by atoms with E-state index in [2.05, 4.69) is 25.5 Å². The highest BCUT2D eigenvalue weighted by Gasteiger charge is 2.26. The van der Waals surface area contributed by atoms with Crippen LogP contribution in [0.25, 0.3) is 0 Å². The summed E-state index contributed by atoms with van der Waals surface area (Å²) >= 11 is 0. The van der Waals surface area contributed by atoms with E-state index in [4.69, 9.17) is 0 Å². The number of carbonyl (C=O) groups excluding carboxylic acids is 1. The molecule has 0 aliphatic carbocycles. The number of aromatic nitrogens is 2. The van der Waals surface area contributed by atoms with Crippen molar-refractivity contribution in [1.82, 2.24) is 15.3 Å². The van der Waals surface area contributed by atoms with E-state index in [1.54, 1.807) is 7.05 Å². The number of nitrogens with zero attached hydrogens (tertiary/aromatic N) is 3. The van der Waals surface area contributed by atoms with E-state index in [0.29, 0.717) is 5.95 Å². The van der Waals surface area contributed by atoms with Crippen LogP contribution in [0, 0.1) is 12.8 Å². The Hall–Kier alpha value is -1.85. The third-order valence-corrected chi connectivity index (χ3v) is 3.54. The zero-order chi connectivity index (χ0) is 14.5. The minimum Gasteiger partial charge on any atom is -0.359 e. The summed E-state index contributed by atoms with van der Waals surface area (Å²) in [4.78, 5) is 22.9. The molecule has 1 fully saturated rings. The molecule has 1 amide bonds. The Morgan fingerprint density at radius 3 is 3.00 bits per heavy atom. The first-order valence-electron chi connectivity index (χ1n) is 7.20. The van der Waals surface area contributed by atoms with Crippen LogP contribution >= 0.6 is 0 Å². The van der Waals surface area contributed by atoms with Gasteiger partial charge in [0.25, 0.3) is 0 Å². The van der Waals surface area contributed by atoms with Gasteiger partial charge < -0.3 is 15.5 Å². The van der Waals surface area contributed by atoms with Crippen LogP contribution < -0.4 is 15.5 Å². The van der Waals surface area contributed by atoms with Gasteiger partial charge in [0.1, 0.15) is 5.82 Å². The quantitative estimate of drug-likeness (QED) is 0.865. The van der Waals surface area contributed by atoms with Gasteiger partial charge in [-0.3, -0.25) is 4.79 Å². The zero-order valence-electron chi connectivity index (χ0n) is 12.4. The fourth-order valence-electron chi connectivity index (χ4n) is 2.55. The molecule has 1 aromatic heterocycles. The molecular weight excluding hydrogens is 254 g/mol. The molecule has 2 N–H and O–H groups in total. The van der Waals surface area contributed by atoms with Crippen LogP contribution in [-0.2, 0) is 4.79 Å². The molecule has 0 bridgehead atoms. The lowest BCUT2D eigenvalue weighted by atomic mass is 9.97. The summed E-state index contributed by atoms with van der Waals surface area (Å²) in [5.74, 6) is 1.73. The number of amides is 1. The number of hydrogen-bond donors (Lipinski definition) is 2. The monoisotopic (exact) mass is 277 g/mol. The van der Waals surface area contributed by atoms with Crippen molar-refractivity contribution in [2.75, 3.05) is 36.9 Å². The molecule has 2 rings (SSSR count). The van der Waals surface area contributed by atoms with Gasteiger partial charge in [-0.05, 0) is 26.7 Å².